The van der Waals surface area contributed by atoms with Gasteiger partial charge in [0, 0.05) is 13.1 Å². The van der Waals surface area contributed by atoms with Crippen LogP contribution in [0, 0.1) is 0 Å². The van der Waals surface area contributed by atoms with E-state index in [-0.39, 0.29) is 8.61 Å². The standard InChI is InChI=1S/C11H18N3OP/c1-2-3-8-13-14(16-15)11-7-5-4-6-10(11)9-12/h4-7,13H,2-3,8-9,12H2,1H3. The number of para-hydroxylation sites is 1. The third-order valence-corrected chi connectivity index (χ3v) is 2.83. The summed E-state index contributed by atoms with van der Waals surface area (Å²) >= 11 is 0. The van der Waals surface area contributed by atoms with Crippen molar-refractivity contribution >= 4 is 14.3 Å². The number of unbranched alkanes of at least 4 members (excludes halogenated alkanes) is 1. The summed E-state index contributed by atoms with van der Waals surface area (Å²) in [5.74, 6) is 0. The SMILES string of the molecule is CCCCNN(P=O)c1ccccc1CN. The van der Waals surface area contributed by atoms with Crippen molar-refractivity contribution < 1.29 is 4.57 Å². The average molecular weight is 239 g/mol. The molecule has 0 heterocycles. The maximum absolute atomic E-state index is 11.1. The Morgan fingerprint density at radius 3 is 2.81 bits per heavy atom. The molecule has 0 saturated heterocycles. The van der Waals surface area contributed by atoms with Crippen LogP contribution in [0.3, 0.4) is 0 Å². The summed E-state index contributed by atoms with van der Waals surface area (Å²) in [5, 5.41) is 0. The van der Waals surface area contributed by atoms with Crippen molar-refractivity contribution in [2.45, 2.75) is 26.3 Å². The van der Waals surface area contributed by atoms with Gasteiger partial charge in [0.2, 0.25) is 0 Å². The van der Waals surface area contributed by atoms with E-state index >= 15 is 0 Å². The molecule has 16 heavy (non-hydrogen) atoms. The van der Waals surface area contributed by atoms with Gasteiger partial charge in [0.25, 0.3) is 8.61 Å². The molecular weight excluding hydrogens is 221 g/mol. The summed E-state index contributed by atoms with van der Waals surface area (Å²) in [7, 11) is -0.0633. The summed E-state index contributed by atoms with van der Waals surface area (Å²) in [6, 6.07) is 7.69. The van der Waals surface area contributed by atoms with Gasteiger partial charge < -0.3 is 5.73 Å². The maximum atomic E-state index is 11.1. The van der Waals surface area contributed by atoms with Gasteiger partial charge in [0.15, 0.2) is 0 Å². The number of benzene rings is 1. The highest BCUT2D eigenvalue weighted by Gasteiger charge is 2.09. The number of nitrogens with two attached hydrogens (primary N) is 1. The number of nitrogens with one attached hydrogen (secondary N) is 1. The Kier molecular flexibility index (Phi) is 6.01. The van der Waals surface area contributed by atoms with E-state index in [4.69, 9.17) is 5.73 Å². The highest BCUT2D eigenvalue weighted by molar-refractivity contribution is 7.25. The van der Waals surface area contributed by atoms with Gasteiger partial charge in [-0.05, 0) is 18.1 Å². The number of anilines is 1. The van der Waals surface area contributed by atoms with Gasteiger partial charge in [-0.15, -0.1) is 0 Å². The molecule has 0 aliphatic carbocycles. The predicted octanol–water partition coefficient (Wildman–Crippen LogP) is 2.46. The second-order valence-electron chi connectivity index (χ2n) is 3.49. The molecule has 88 valence electrons. The molecule has 0 atom stereocenters. The number of hydrazine groups is 1. The van der Waals surface area contributed by atoms with E-state index in [0.29, 0.717) is 6.54 Å². The van der Waals surface area contributed by atoms with Crippen LogP contribution in [-0.2, 0) is 11.1 Å². The van der Waals surface area contributed by atoms with Crippen LogP contribution < -0.4 is 15.9 Å². The topological polar surface area (TPSA) is 58.4 Å². The summed E-state index contributed by atoms with van der Waals surface area (Å²) in [4.78, 5) is 0. The number of rotatable bonds is 7. The minimum absolute atomic E-state index is 0.0633. The molecule has 4 nitrogen and oxygen atoms in total. The second-order valence-corrected chi connectivity index (χ2v) is 4.05. The zero-order valence-electron chi connectivity index (χ0n) is 9.52. The lowest BCUT2D eigenvalue weighted by Crippen LogP contribution is -2.31. The number of hydrogen-bond acceptors (Lipinski definition) is 3. The number of nitrogens with zero attached hydrogens (tertiary/aromatic N) is 1. The zero-order chi connectivity index (χ0) is 11.8. The van der Waals surface area contributed by atoms with Crippen LogP contribution in [0.2, 0.25) is 0 Å². The van der Waals surface area contributed by atoms with E-state index in [2.05, 4.69) is 12.3 Å². The Bertz CT molecular complexity index is 333. The average Bonchev–Trinajstić information content (AvgIpc) is 2.35. The highest BCUT2D eigenvalue weighted by atomic mass is 31.1. The van der Waals surface area contributed by atoms with Crippen LogP contribution in [0.5, 0.6) is 0 Å². The predicted molar refractivity (Wildman–Crippen MR) is 67.3 cm³/mol. The largest absolute Gasteiger partial charge is 0.326 e. The van der Waals surface area contributed by atoms with Crippen molar-refractivity contribution in [1.82, 2.24) is 5.43 Å². The molecule has 0 saturated carbocycles. The van der Waals surface area contributed by atoms with Crippen molar-refractivity contribution in [3.63, 3.8) is 0 Å². The number of hydrogen-bond donors (Lipinski definition) is 2. The molecule has 1 aromatic carbocycles. The minimum atomic E-state index is -0.0633. The fourth-order valence-electron chi connectivity index (χ4n) is 1.41. The van der Waals surface area contributed by atoms with Crippen LogP contribution >= 0.6 is 8.61 Å². The van der Waals surface area contributed by atoms with Crippen LogP contribution in [0.1, 0.15) is 25.3 Å². The lowest BCUT2D eigenvalue weighted by atomic mass is 10.2. The molecule has 0 bridgehead atoms. The first-order valence-corrected chi connectivity index (χ1v) is 6.24. The van der Waals surface area contributed by atoms with Crippen LogP contribution in [0.25, 0.3) is 0 Å². The molecule has 0 unspecified atom stereocenters. The van der Waals surface area contributed by atoms with E-state index in [9.17, 15) is 4.57 Å². The van der Waals surface area contributed by atoms with Gasteiger partial charge >= 0.3 is 0 Å². The Labute approximate surface area is 98.1 Å². The van der Waals surface area contributed by atoms with Crippen LogP contribution in [0.15, 0.2) is 24.3 Å². The molecule has 1 aromatic rings. The lowest BCUT2D eigenvalue weighted by Gasteiger charge is -2.19. The van der Waals surface area contributed by atoms with Crippen molar-refractivity contribution in [2.24, 2.45) is 5.73 Å². The molecule has 3 N–H and O–H groups in total. The Morgan fingerprint density at radius 2 is 2.19 bits per heavy atom. The maximum Gasteiger partial charge on any atom is 0.298 e. The van der Waals surface area contributed by atoms with E-state index in [1.54, 1.807) is 4.78 Å². The van der Waals surface area contributed by atoms with Gasteiger partial charge in [0.05, 0.1) is 5.69 Å². The van der Waals surface area contributed by atoms with E-state index in [1.807, 2.05) is 24.3 Å². The van der Waals surface area contributed by atoms with Gasteiger partial charge in [-0.25, -0.2) is 14.8 Å². The summed E-state index contributed by atoms with van der Waals surface area (Å²) < 4.78 is 12.7. The summed E-state index contributed by atoms with van der Waals surface area (Å²) in [6.45, 7) is 3.37. The quantitative estimate of drug-likeness (QED) is 0.436. The summed E-state index contributed by atoms with van der Waals surface area (Å²) in [5.41, 5.74) is 10.6. The Morgan fingerprint density at radius 1 is 1.44 bits per heavy atom. The van der Waals surface area contributed by atoms with Gasteiger partial charge in [-0.3, -0.25) is 0 Å². The molecule has 0 fully saturated rings. The Hall–Kier alpha value is -0.960. The molecule has 0 aliphatic heterocycles. The van der Waals surface area contributed by atoms with E-state index < -0.39 is 0 Å². The second kappa shape index (κ2) is 7.34. The molecule has 0 spiro atoms. The Balaban J connectivity index is 2.73. The first kappa shape index (κ1) is 13.1. The fraction of sp³-hybridized carbons (Fsp3) is 0.455. The zero-order valence-corrected chi connectivity index (χ0v) is 10.4. The minimum Gasteiger partial charge on any atom is -0.326 e. The first-order chi connectivity index (χ1) is 7.83. The molecule has 1 rings (SSSR count). The molecule has 5 heteroatoms. The van der Waals surface area contributed by atoms with Gasteiger partial charge in [-0.2, -0.15) is 0 Å². The van der Waals surface area contributed by atoms with Crippen LogP contribution in [0.4, 0.5) is 5.69 Å². The van der Waals surface area contributed by atoms with E-state index in [1.165, 1.54) is 0 Å². The van der Waals surface area contributed by atoms with Crippen molar-refractivity contribution in [3.05, 3.63) is 29.8 Å². The fourth-order valence-corrected chi connectivity index (χ4v) is 1.85. The van der Waals surface area contributed by atoms with Gasteiger partial charge in [0.1, 0.15) is 0 Å². The van der Waals surface area contributed by atoms with E-state index in [0.717, 1.165) is 30.6 Å². The van der Waals surface area contributed by atoms with Gasteiger partial charge in [-0.1, -0.05) is 31.5 Å². The molecular formula is C11H18N3OP. The third kappa shape index (κ3) is 3.56. The van der Waals surface area contributed by atoms with Crippen molar-refractivity contribution in [3.8, 4) is 0 Å². The third-order valence-electron chi connectivity index (χ3n) is 2.31. The lowest BCUT2D eigenvalue weighted by molar-refractivity contribution is 0.585. The smallest absolute Gasteiger partial charge is 0.298 e. The molecule has 0 amide bonds. The summed E-state index contributed by atoms with van der Waals surface area (Å²) in [6.07, 6.45) is 2.16. The molecule has 0 aliphatic rings. The van der Waals surface area contributed by atoms with Crippen molar-refractivity contribution in [1.29, 1.82) is 0 Å². The van der Waals surface area contributed by atoms with Crippen molar-refractivity contribution in [2.75, 3.05) is 11.3 Å². The molecule has 0 radical (unpaired) electrons. The normalized spacial score (nSPS) is 10.6. The highest BCUT2D eigenvalue weighted by Crippen LogP contribution is 2.23. The monoisotopic (exact) mass is 239 g/mol. The first-order valence-electron chi connectivity index (χ1n) is 5.48. The molecule has 0 aromatic heterocycles. The van der Waals surface area contributed by atoms with Crippen LogP contribution in [-0.4, -0.2) is 6.54 Å².